The van der Waals surface area contributed by atoms with Crippen molar-refractivity contribution in [2.24, 2.45) is 5.73 Å². The summed E-state index contributed by atoms with van der Waals surface area (Å²) in [6.07, 6.45) is 3.10. The summed E-state index contributed by atoms with van der Waals surface area (Å²) in [5, 5.41) is 0. The lowest BCUT2D eigenvalue weighted by atomic mass is 10.2. The predicted molar refractivity (Wildman–Crippen MR) is 118 cm³/mol. The molecule has 2 N–H and O–H groups in total. The molecule has 10 nitrogen and oxygen atoms in total. The Hall–Kier alpha value is -2.54. The highest BCUT2D eigenvalue weighted by Crippen LogP contribution is 2.24. The zero-order valence-corrected chi connectivity index (χ0v) is 19.1. The highest BCUT2D eigenvalue weighted by Gasteiger charge is 2.30. The second-order valence-electron chi connectivity index (χ2n) is 7.74. The van der Waals surface area contributed by atoms with Gasteiger partial charge in [0.05, 0.1) is 4.90 Å². The minimum atomic E-state index is -3.70. The molecule has 1 aromatic heterocycles. The Morgan fingerprint density at radius 2 is 1.28 bits per heavy atom. The third-order valence-electron chi connectivity index (χ3n) is 5.76. The van der Waals surface area contributed by atoms with Crippen LogP contribution in [0.25, 0.3) is 0 Å². The first-order valence-electron chi connectivity index (χ1n) is 10.3. The second kappa shape index (κ2) is 8.77. The minimum absolute atomic E-state index is 0.102. The summed E-state index contributed by atoms with van der Waals surface area (Å²) >= 11 is 0. The van der Waals surface area contributed by atoms with Crippen molar-refractivity contribution in [2.75, 3.05) is 44.2 Å². The fraction of sp³-hybridized carbons (Fsp3) is 0.400. The molecule has 2 aliphatic heterocycles. The van der Waals surface area contributed by atoms with Gasteiger partial charge >= 0.3 is 0 Å². The highest BCUT2D eigenvalue weighted by molar-refractivity contribution is 7.89. The molecule has 4 rings (SSSR count). The number of rotatable bonds is 6. The summed E-state index contributed by atoms with van der Waals surface area (Å²) in [5.74, 6) is -0.0115. The summed E-state index contributed by atoms with van der Waals surface area (Å²) < 4.78 is 53.9. The van der Waals surface area contributed by atoms with Crippen LogP contribution in [0.3, 0.4) is 0 Å². The van der Waals surface area contributed by atoms with E-state index in [4.69, 9.17) is 5.73 Å². The molecule has 0 unspecified atom stereocenters. The number of benzene rings is 1. The van der Waals surface area contributed by atoms with Crippen LogP contribution in [-0.2, 0) is 20.0 Å². The number of nitrogens with zero attached hydrogens (tertiary/aromatic N) is 4. The number of carbonyl (C=O) groups is 1. The molecule has 12 heteroatoms. The number of carbonyl (C=O) groups excluding carboxylic acids is 1. The lowest BCUT2D eigenvalue weighted by Crippen LogP contribution is -2.48. The maximum Gasteiger partial charge on any atom is 0.248 e. The van der Waals surface area contributed by atoms with E-state index in [2.05, 4.69) is 4.98 Å². The van der Waals surface area contributed by atoms with Gasteiger partial charge in [-0.1, -0.05) is 0 Å². The molecule has 3 heterocycles. The van der Waals surface area contributed by atoms with Gasteiger partial charge in [-0.2, -0.15) is 8.61 Å². The van der Waals surface area contributed by atoms with Gasteiger partial charge in [0, 0.05) is 51.0 Å². The maximum atomic E-state index is 12.9. The average molecular weight is 480 g/mol. The molecule has 1 amide bonds. The van der Waals surface area contributed by atoms with Gasteiger partial charge in [0.2, 0.25) is 26.0 Å². The number of piperazine rings is 1. The van der Waals surface area contributed by atoms with E-state index in [9.17, 15) is 21.6 Å². The summed E-state index contributed by atoms with van der Waals surface area (Å²) in [6.45, 7) is 2.43. The van der Waals surface area contributed by atoms with E-state index >= 15 is 0 Å². The molecule has 0 spiro atoms. The number of pyridine rings is 1. The van der Waals surface area contributed by atoms with Gasteiger partial charge in [-0.05, 0) is 49.2 Å². The molecule has 172 valence electrons. The normalized spacial score (nSPS) is 18.7. The molecular weight excluding hydrogens is 454 g/mol. The van der Waals surface area contributed by atoms with Crippen molar-refractivity contribution >= 4 is 31.8 Å². The van der Waals surface area contributed by atoms with Gasteiger partial charge in [0.1, 0.15) is 10.7 Å². The Morgan fingerprint density at radius 3 is 1.81 bits per heavy atom. The first kappa shape index (κ1) is 22.6. The molecule has 32 heavy (non-hydrogen) atoms. The van der Waals surface area contributed by atoms with Crippen molar-refractivity contribution in [1.29, 1.82) is 0 Å². The largest absolute Gasteiger partial charge is 0.366 e. The topological polar surface area (TPSA) is 134 Å². The number of aromatic nitrogens is 1. The summed E-state index contributed by atoms with van der Waals surface area (Å²) in [7, 11) is -7.21. The summed E-state index contributed by atoms with van der Waals surface area (Å²) in [6, 6.07) is 8.77. The third-order valence-corrected chi connectivity index (χ3v) is 9.56. The van der Waals surface area contributed by atoms with Crippen LogP contribution in [0.2, 0.25) is 0 Å². The fourth-order valence-corrected chi connectivity index (χ4v) is 6.77. The Bertz CT molecular complexity index is 1180. The zero-order chi connectivity index (χ0) is 22.9. The first-order valence-corrected chi connectivity index (χ1v) is 13.2. The van der Waals surface area contributed by atoms with E-state index in [0.717, 1.165) is 12.8 Å². The molecule has 2 aliphatic rings. The standard InChI is InChI=1S/C20H25N5O5S2/c21-20(26)16-3-5-17(6-4-16)31(27,28)25-13-11-23(12-14-25)19-8-7-18(15-22-19)32(29,30)24-9-1-2-10-24/h3-8,15H,1-2,9-14H2,(H2,21,26). The van der Waals surface area contributed by atoms with E-state index in [1.165, 1.54) is 39.1 Å². The zero-order valence-electron chi connectivity index (χ0n) is 17.4. The van der Waals surface area contributed by atoms with Crippen LogP contribution in [0, 0.1) is 0 Å². The van der Waals surface area contributed by atoms with Crippen molar-refractivity contribution in [1.82, 2.24) is 13.6 Å². The van der Waals surface area contributed by atoms with Crippen molar-refractivity contribution in [2.45, 2.75) is 22.6 Å². The number of sulfonamides is 2. The van der Waals surface area contributed by atoms with Crippen molar-refractivity contribution < 1.29 is 21.6 Å². The molecule has 0 atom stereocenters. The lowest BCUT2D eigenvalue weighted by molar-refractivity contribution is 0.1000. The van der Waals surface area contributed by atoms with E-state index in [-0.39, 0.29) is 28.4 Å². The van der Waals surface area contributed by atoms with Gasteiger partial charge in [0.25, 0.3) is 0 Å². The predicted octanol–water partition coefficient (Wildman–Crippen LogP) is 0.476. The third kappa shape index (κ3) is 4.35. The molecule has 1 aromatic carbocycles. The first-order chi connectivity index (χ1) is 15.2. The van der Waals surface area contributed by atoms with Crippen molar-refractivity contribution in [3.8, 4) is 0 Å². The van der Waals surface area contributed by atoms with Crippen LogP contribution < -0.4 is 10.6 Å². The van der Waals surface area contributed by atoms with Gasteiger partial charge in [-0.15, -0.1) is 0 Å². The maximum absolute atomic E-state index is 12.9. The lowest BCUT2D eigenvalue weighted by Gasteiger charge is -2.34. The molecule has 0 radical (unpaired) electrons. The van der Waals surface area contributed by atoms with Crippen LogP contribution in [-0.4, -0.2) is 75.6 Å². The number of hydrogen-bond acceptors (Lipinski definition) is 7. The van der Waals surface area contributed by atoms with E-state index in [1.54, 1.807) is 12.1 Å². The van der Waals surface area contributed by atoms with Gasteiger partial charge in [0.15, 0.2) is 0 Å². The number of anilines is 1. The summed E-state index contributed by atoms with van der Waals surface area (Å²) in [5.41, 5.74) is 5.45. The van der Waals surface area contributed by atoms with Gasteiger partial charge in [-0.25, -0.2) is 21.8 Å². The van der Waals surface area contributed by atoms with Crippen LogP contribution in [0.5, 0.6) is 0 Å². The molecule has 0 saturated carbocycles. The number of amides is 1. The van der Waals surface area contributed by atoms with Crippen LogP contribution in [0.1, 0.15) is 23.2 Å². The smallest absolute Gasteiger partial charge is 0.248 e. The van der Waals surface area contributed by atoms with E-state index < -0.39 is 26.0 Å². The van der Waals surface area contributed by atoms with Crippen molar-refractivity contribution in [3.63, 3.8) is 0 Å². The summed E-state index contributed by atoms with van der Waals surface area (Å²) in [4.78, 5) is 17.7. The quantitative estimate of drug-likeness (QED) is 0.637. The second-order valence-corrected chi connectivity index (χ2v) is 11.6. The van der Waals surface area contributed by atoms with Crippen molar-refractivity contribution in [3.05, 3.63) is 48.2 Å². The minimum Gasteiger partial charge on any atom is -0.366 e. The Morgan fingerprint density at radius 1 is 0.750 bits per heavy atom. The van der Waals surface area contributed by atoms with Gasteiger partial charge in [-0.3, -0.25) is 4.79 Å². The SMILES string of the molecule is NC(=O)c1ccc(S(=O)(=O)N2CCN(c3ccc(S(=O)(=O)N4CCCC4)cn3)CC2)cc1. The molecule has 0 bridgehead atoms. The molecule has 2 fully saturated rings. The highest BCUT2D eigenvalue weighted by atomic mass is 32.2. The monoisotopic (exact) mass is 479 g/mol. The average Bonchev–Trinajstić information content (AvgIpc) is 3.35. The molecule has 2 saturated heterocycles. The fourth-order valence-electron chi connectivity index (χ4n) is 3.89. The van der Waals surface area contributed by atoms with E-state index in [1.807, 2.05) is 4.90 Å². The van der Waals surface area contributed by atoms with E-state index in [0.29, 0.717) is 32.0 Å². The van der Waals surface area contributed by atoms with Crippen LogP contribution in [0.15, 0.2) is 52.4 Å². The Balaban J connectivity index is 1.41. The van der Waals surface area contributed by atoms with Crippen LogP contribution in [0.4, 0.5) is 5.82 Å². The molecule has 0 aliphatic carbocycles. The molecule has 2 aromatic rings. The Kier molecular flexibility index (Phi) is 6.21. The Labute approximate surface area is 187 Å². The number of primary amides is 1. The van der Waals surface area contributed by atoms with Gasteiger partial charge < -0.3 is 10.6 Å². The molecular formula is C20H25N5O5S2. The number of hydrogen-bond donors (Lipinski definition) is 1. The number of nitrogens with two attached hydrogens (primary N) is 1. The van der Waals surface area contributed by atoms with Crippen LogP contribution >= 0.6 is 0 Å².